The molecule has 0 saturated carbocycles. The number of carbonyl (C=O) groups is 1. The zero-order valence-electron chi connectivity index (χ0n) is 13.1. The van der Waals surface area contributed by atoms with Crippen LogP contribution in [0, 0.1) is 5.92 Å². The van der Waals surface area contributed by atoms with Crippen LogP contribution in [0.25, 0.3) is 0 Å². The van der Waals surface area contributed by atoms with E-state index in [0.717, 1.165) is 24.8 Å². The monoisotopic (exact) mass is 303 g/mol. The minimum atomic E-state index is -0.413. The molecule has 0 aliphatic carbocycles. The highest BCUT2D eigenvalue weighted by atomic mass is 16.3. The molecule has 5 atom stereocenters. The average Bonchev–Trinajstić information content (AvgIpc) is 2.68. The zero-order valence-corrected chi connectivity index (χ0v) is 13.1. The van der Waals surface area contributed by atoms with Gasteiger partial charge in [-0.2, -0.15) is 0 Å². The van der Waals surface area contributed by atoms with Crippen molar-refractivity contribution < 1.29 is 15.0 Å². The van der Waals surface area contributed by atoms with Crippen molar-refractivity contribution in [3.05, 3.63) is 35.9 Å². The van der Waals surface area contributed by atoms with Gasteiger partial charge in [-0.25, -0.2) is 0 Å². The predicted molar refractivity (Wildman–Crippen MR) is 84.6 cm³/mol. The zero-order chi connectivity index (χ0) is 15.7. The highest BCUT2D eigenvalue weighted by Gasteiger charge is 2.44. The molecule has 2 heterocycles. The fourth-order valence-corrected chi connectivity index (χ4v) is 4.22. The largest absolute Gasteiger partial charge is 0.395 e. The van der Waals surface area contributed by atoms with Gasteiger partial charge >= 0.3 is 0 Å². The topological polar surface area (TPSA) is 60.8 Å². The van der Waals surface area contributed by atoms with Crippen LogP contribution in [0.4, 0.5) is 0 Å². The van der Waals surface area contributed by atoms with Crippen molar-refractivity contribution in [1.82, 2.24) is 4.90 Å². The van der Waals surface area contributed by atoms with Gasteiger partial charge in [-0.15, -0.1) is 0 Å². The smallest absolute Gasteiger partial charge is 0.142 e. The van der Waals surface area contributed by atoms with Crippen LogP contribution in [-0.2, 0) is 4.79 Å². The van der Waals surface area contributed by atoms with Gasteiger partial charge in [0.25, 0.3) is 0 Å². The highest BCUT2D eigenvalue weighted by Crippen LogP contribution is 2.39. The summed E-state index contributed by atoms with van der Waals surface area (Å²) in [7, 11) is 2.07. The van der Waals surface area contributed by atoms with E-state index < -0.39 is 5.92 Å². The minimum absolute atomic E-state index is 0.122. The lowest BCUT2D eigenvalue weighted by molar-refractivity contribution is -0.122. The van der Waals surface area contributed by atoms with Gasteiger partial charge in [0, 0.05) is 18.5 Å². The standard InChI is InChI=1S/C18H25NO3/c1-19-14-7-12(8-16(19)18(22)10-14)9-17(21)15(11-20)13-5-3-2-4-6-13/h2-6,12,14-16,18,20,22H,7-11H2,1H3/t12-,14-,15+,16+,18-/m0/s1. The number of hydrogen-bond donors (Lipinski definition) is 2. The molecule has 22 heavy (non-hydrogen) atoms. The van der Waals surface area contributed by atoms with E-state index >= 15 is 0 Å². The number of hydrogen-bond acceptors (Lipinski definition) is 4. The Morgan fingerprint density at radius 1 is 1.27 bits per heavy atom. The van der Waals surface area contributed by atoms with Crippen LogP contribution in [-0.4, -0.2) is 52.7 Å². The van der Waals surface area contributed by atoms with Gasteiger partial charge in [-0.3, -0.25) is 9.69 Å². The average molecular weight is 303 g/mol. The van der Waals surface area contributed by atoms with Gasteiger partial charge in [0.15, 0.2) is 0 Å². The van der Waals surface area contributed by atoms with E-state index in [2.05, 4.69) is 11.9 Å². The van der Waals surface area contributed by atoms with Crippen molar-refractivity contribution >= 4 is 5.78 Å². The van der Waals surface area contributed by atoms with E-state index in [4.69, 9.17) is 0 Å². The molecule has 3 rings (SSSR count). The Morgan fingerprint density at radius 2 is 2.00 bits per heavy atom. The first-order chi connectivity index (χ1) is 10.6. The summed E-state index contributed by atoms with van der Waals surface area (Å²) in [5, 5.41) is 19.7. The number of Topliss-reactive ketones (excluding diaryl/α,β-unsaturated/α-hetero) is 1. The van der Waals surface area contributed by atoms with Crippen LogP contribution in [0.1, 0.15) is 37.2 Å². The normalized spacial score (nSPS) is 32.9. The minimum Gasteiger partial charge on any atom is -0.395 e. The molecule has 1 aromatic carbocycles. The summed E-state index contributed by atoms with van der Waals surface area (Å²) < 4.78 is 0. The van der Waals surface area contributed by atoms with Crippen LogP contribution in [0.3, 0.4) is 0 Å². The SMILES string of the molecule is CN1[C@H]2C[C@H](CC(=O)[C@H](CO)c3ccccc3)C[C@@H]1[C@@H](O)C2. The van der Waals surface area contributed by atoms with Gasteiger partial charge in [0.1, 0.15) is 5.78 Å². The Kier molecular flexibility index (Phi) is 4.62. The van der Waals surface area contributed by atoms with E-state index in [-0.39, 0.29) is 24.5 Å². The van der Waals surface area contributed by atoms with E-state index in [0.29, 0.717) is 18.4 Å². The van der Waals surface area contributed by atoms with E-state index in [1.54, 1.807) is 0 Å². The molecule has 0 radical (unpaired) electrons. The summed E-state index contributed by atoms with van der Waals surface area (Å²) in [5.74, 6) is 0.0363. The lowest BCUT2D eigenvalue weighted by Gasteiger charge is -2.36. The number of benzene rings is 1. The maximum absolute atomic E-state index is 12.6. The molecule has 1 aromatic rings. The molecule has 2 bridgehead atoms. The van der Waals surface area contributed by atoms with Crippen molar-refractivity contribution in [2.75, 3.05) is 13.7 Å². The number of likely N-dealkylation sites (N-methyl/N-ethyl adjacent to an activating group) is 1. The molecule has 0 aromatic heterocycles. The van der Waals surface area contributed by atoms with Gasteiger partial charge in [0.05, 0.1) is 18.6 Å². The molecule has 0 spiro atoms. The maximum atomic E-state index is 12.6. The first-order valence-electron chi connectivity index (χ1n) is 8.18. The summed E-state index contributed by atoms with van der Waals surface area (Å²) in [6.45, 7) is -0.134. The lowest BCUT2D eigenvalue weighted by atomic mass is 9.83. The first kappa shape index (κ1) is 15.7. The third kappa shape index (κ3) is 2.96. The number of aliphatic hydroxyl groups excluding tert-OH is 2. The van der Waals surface area contributed by atoms with Crippen molar-refractivity contribution in [2.24, 2.45) is 5.92 Å². The summed E-state index contributed by atoms with van der Waals surface area (Å²) in [5.41, 5.74) is 0.894. The van der Waals surface area contributed by atoms with Gasteiger partial charge in [0.2, 0.25) is 0 Å². The summed E-state index contributed by atoms with van der Waals surface area (Å²) in [6, 6.07) is 10.1. The van der Waals surface area contributed by atoms with Crippen molar-refractivity contribution in [3.8, 4) is 0 Å². The van der Waals surface area contributed by atoms with Crippen LogP contribution in [0.2, 0.25) is 0 Å². The summed E-state index contributed by atoms with van der Waals surface area (Å²) in [4.78, 5) is 14.9. The molecule has 4 nitrogen and oxygen atoms in total. The molecule has 2 aliphatic rings. The van der Waals surface area contributed by atoms with Gasteiger partial charge in [-0.05, 0) is 37.8 Å². The highest BCUT2D eigenvalue weighted by molar-refractivity contribution is 5.86. The van der Waals surface area contributed by atoms with Crippen LogP contribution in [0.5, 0.6) is 0 Å². The molecule has 0 amide bonds. The number of ketones is 1. The number of nitrogens with zero attached hydrogens (tertiary/aromatic N) is 1. The van der Waals surface area contributed by atoms with Crippen molar-refractivity contribution in [3.63, 3.8) is 0 Å². The van der Waals surface area contributed by atoms with Gasteiger partial charge in [-0.1, -0.05) is 30.3 Å². The van der Waals surface area contributed by atoms with Crippen LogP contribution < -0.4 is 0 Å². The third-order valence-electron chi connectivity index (χ3n) is 5.50. The fourth-order valence-electron chi connectivity index (χ4n) is 4.22. The molecule has 0 unspecified atom stereocenters. The molecule has 2 fully saturated rings. The molecule has 2 saturated heterocycles. The second kappa shape index (κ2) is 6.49. The molecular formula is C18H25NO3. The molecule has 2 N–H and O–H groups in total. The second-order valence-electron chi connectivity index (χ2n) is 6.84. The summed E-state index contributed by atoms with van der Waals surface area (Å²) in [6.07, 6.45) is 2.94. The maximum Gasteiger partial charge on any atom is 0.142 e. The Bertz CT molecular complexity index is 518. The molecule has 2 aliphatic heterocycles. The number of fused-ring (bicyclic) bond motifs is 2. The van der Waals surface area contributed by atoms with Crippen molar-refractivity contribution in [2.45, 2.75) is 49.8 Å². The Hall–Kier alpha value is -1.23. The lowest BCUT2D eigenvalue weighted by Crippen LogP contribution is -2.42. The van der Waals surface area contributed by atoms with E-state index in [1.165, 1.54) is 0 Å². The van der Waals surface area contributed by atoms with Gasteiger partial charge < -0.3 is 10.2 Å². The molecule has 4 heteroatoms. The van der Waals surface area contributed by atoms with Crippen LogP contribution >= 0.6 is 0 Å². The molecular weight excluding hydrogens is 278 g/mol. The number of aliphatic hydroxyl groups is 2. The van der Waals surface area contributed by atoms with Crippen molar-refractivity contribution in [1.29, 1.82) is 0 Å². The van der Waals surface area contributed by atoms with E-state index in [9.17, 15) is 15.0 Å². The Balaban J connectivity index is 1.65. The Morgan fingerprint density at radius 3 is 2.64 bits per heavy atom. The number of carbonyl (C=O) groups excluding carboxylic acids is 1. The first-order valence-corrected chi connectivity index (χ1v) is 8.18. The second-order valence-corrected chi connectivity index (χ2v) is 6.84. The van der Waals surface area contributed by atoms with E-state index in [1.807, 2.05) is 30.3 Å². The predicted octanol–water partition coefficient (Wildman–Crippen LogP) is 1.57. The Labute approximate surface area is 131 Å². The quantitative estimate of drug-likeness (QED) is 0.867. The number of piperidine rings is 1. The van der Waals surface area contributed by atoms with Crippen LogP contribution in [0.15, 0.2) is 30.3 Å². The third-order valence-corrected chi connectivity index (χ3v) is 5.50. The molecule has 120 valence electrons. The summed E-state index contributed by atoms with van der Waals surface area (Å²) >= 11 is 0. The fraction of sp³-hybridized carbons (Fsp3) is 0.611. The number of rotatable bonds is 5.